The van der Waals surface area contributed by atoms with Crippen molar-refractivity contribution in [3.63, 3.8) is 0 Å². The molecule has 5 nitrogen and oxygen atoms in total. The number of aromatic nitrogens is 4. The van der Waals surface area contributed by atoms with Gasteiger partial charge in [-0.15, -0.1) is 0 Å². The molecule has 0 fully saturated rings. The van der Waals surface area contributed by atoms with Crippen LogP contribution >= 0.6 is 23.2 Å². The number of halogens is 2. The number of imidazole rings is 1. The molecule has 0 aliphatic heterocycles. The van der Waals surface area contributed by atoms with Gasteiger partial charge in [0.05, 0.1) is 6.33 Å². The molecule has 0 unspecified atom stereocenters. The van der Waals surface area contributed by atoms with E-state index in [2.05, 4.69) is 25.3 Å². The van der Waals surface area contributed by atoms with Crippen molar-refractivity contribution in [1.29, 1.82) is 0 Å². The lowest BCUT2D eigenvalue weighted by molar-refractivity contribution is 1.20. The summed E-state index contributed by atoms with van der Waals surface area (Å²) in [4.78, 5) is 15.3. The summed E-state index contributed by atoms with van der Waals surface area (Å²) in [6.07, 6.45) is 3.02. The molecule has 3 aromatic rings. The fourth-order valence-corrected chi connectivity index (χ4v) is 2.14. The lowest BCUT2D eigenvalue weighted by Crippen LogP contribution is -1.95. The zero-order chi connectivity index (χ0) is 12.5. The summed E-state index contributed by atoms with van der Waals surface area (Å²) in [5, 5.41) is 4.22. The second kappa shape index (κ2) is 4.44. The van der Waals surface area contributed by atoms with Gasteiger partial charge in [0, 0.05) is 15.7 Å². The lowest BCUT2D eigenvalue weighted by atomic mass is 10.3. The van der Waals surface area contributed by atoms with Gasteiger partial charge < -0.3 is 10.3 Å². The summed E-state index contributed by atoms with van der Waals surface area (Å²) in [5.74, 6) is 0.597. The maximum absolute atomic E-state index is 5.93. The van der Waals surface area contributed by atoms with Crippen molar-refractivity contribution >= 4 is 45.9 Å². The average Bonchev–Trinajstić information content (AvgIpc) is 2.76. The van der Waals surface area contributed by atoms with Crippen LogP contribution in [-0.2, 0) is 0 Å². The summed E-state index contributed by atoms with van der Waals surface area (Å²) in [7, 11) is 0. The number of benzene rings is 1. The van der Waals surface area contributed by atoms with Crippen LogP contribution in [0.5, 0.6) is 0 Å². The summed E-state index contributed by atoms with van der Waals surface area (Å²) in [6, 6.07) is 5.18. The number of hydrogen-bond acceptors (Lipinski definition) is 4. The molecule has 2 N–H and O–H groups in total. The fourth-order valence-electron chi connectivity index (χ4n) is 1.62. The summed E-state index contributed by atoms with van der Waals surface area (Å²) in [6.45, 7) is 0. The Labute approximate surface area is 112 Å². The number of rotatable bonds is 2. The van der Waals surface area contributed by atoms with E-state index in [0.29, 0.717) is 27.0 Å². The molecule has 0 atom stereocenters. The van der Waals surface area contributed by atoms with Gasteiger partial charge in [-0.25, -0.2) is 15.0 Å². The van der Waals surface area contributed by atoms with E-state index in [1.165, 1.54) is 6.33 Å². The van der Waals surface area contributed by atoms with Crippen LogP contribution in [0.2, 0.25) is 10.0 Å². The summed E-state index contributed by atoms with van der Waals surface area (Å²) < 4.78 is 0. The Morgan fingerprint density at radius 2 is 1.78 bits per heavy atom. The predicted octanol–water partition coefficient (Wildman–Crippen LogP) is 3.40. The first-order valence-corrected chi connectivity index (χ1v) is 5.85. The highest BCUT2D eigenvalue weighted by Gasteiger charge is 2.07. The average molecular weight is 280 g/mol. The molecule has 0 amide bonds. The zero-order valence-electron chi connectivity index (χ0n) is 8.98. The van der Waals surface area contributed by atoms with E-state index in [4.69, 9.17) is 23.2 Å². The normalized spacial score (nSPS) is 10.8. The van der Waals surface area contributed by atoms with Gasteiger partial charge in [0.25, 0.3) is 0 Å². The van der Waals surface area contributed by atoms with Crippen LogP contribution < -0.4 is 5.32 Å². The van der Waals surface area contributed by atoms with E-state index in [-0.39, 0.29) is 0 Å². The van der Waals surface area contributed by atoms with Gasteiger partial charge in [-0.2, -0.15) is 0 Å². The minimum absolute atomic E-state index is 0.553. The molecule has 2 aromatic heterocycles. The maximum atomic E-state index is 5.93. The summed E-state index contributed by atoms with van der Waals surface area (Å²) in [5.41, 5.74) is 2.07. The number of fused-ring (bicyclic) bond motifs is 1. The molecule has 0 aliphatic carbocycles. The Hall–Kier alpha value is -1.85. The number of hydrogen-bond donors (Lipinski definition) is 2. The van der Waals surface area contributed by atoms with Gasteiger partial charge in [-0.05, 0) is 18.2 Å². The largest absolute Gasteiger partial charge is 0.338 e. The van der Waals surface area contributed by atoms with Crippen LogP contribution in [0.25, 0.3) is 11.2 Å². The topological polar surface area (TPSA) is 66.5 Å². The number of H-pyrrole nitrogens is 1. The third kappa shape index (κ3) is 2.10. The molecule has 18 heavy (non-hydrogen) atoms. The van der Waals surface area contributed by atoms with Crippen LogP contribution in [0, 0.1) is 0 Å². The Morgan fingerprint density at radius 1 is 1.00 bits per heavy atom. The molecule has 0 bridgehead atoms. The highest BCUT2D eigenvalue weighted by Crippen LogP contribution is 2.26. The first kappa shape index (κ1) is 11.3. The second-order valence-corrected chi connectivity index (χ2v) is 4.48. The SMILES string of the molecule is Clc1cc(Cl)cc(Nc2ncnc3[nH]cnc23)c1. The molecule has 0 saturated carbocycles. The van der Waals surface area contributed by atoms with Gasteiger partial charge in [-0.3, -0.25) is 0 Å². The van der Waals surface area contributed by atoms with E-state index >= 15 is 0 Å². The highest BCUT2D eigenvalue weighted by molar-refractivity contribution is 6.35. The Kier molecular flexibility index (Phi) is 2.77. The smallest absolute Gasteiger partial charge is 0.162 e. The Balaban J connectivity index is 2.03. The molecule has 2 heterocycles. The van der Waals surface area contributed by atoms with Crippen molar-refractivity contribution in [2.24, 2.45) is 0 Å². The third-order valence-electron chi connectivity index (χ3n) is 2.34. The zero-order valence-corrected chi connectivity index (χ0v) is 10.5. The predicted molar refractivity (Wildman–Crippen MR) is 71.4 cm³/mol. The number of anilines is 2. The van der Waals surface area contributed by atoms with Crippen LogP contribution in [0.4, 0.5) is 11.5 Å². The molecule has 7 heteroatoms. The molecule has 1 aromatic carbocycles. The molecular formula is C11H7Cl2N5. The van der Waals surface area contributed by atoms with Gasteiger partial charge in [0.15, 0.2) is 17.0 Å². The number of nitrogens with zero attached hydrogens (tertiary/aromatic N) is 3. The van der Waals surface area contributed by atoms with Crippen molar-refractivity contribution in [3.05, 3.63) is 40.9 Å². The van der Waals surface area contributed by atoms with Gasteiger partial charge in [0.1, 0.15) is 6.33 Å². The fraction of sp³-hybridized carbons (Fsp3) is 0. The van der Waals surface area contributed by atoms with Gasteiger partial charge >= 0.3 is 0 Å². The van der Waals surface area contributed by atoms with Gasteiger partial charge in [0.2, 0.25) is 0 Å². The van der Waals surface area contributed by atoms with Crippen LogP contribution in [-0.4, -0.2) is 19.9 Å². The lowest BCUT2D eigenvalue weighted by Gasteiger charge is -2.06. The maximum Gasteiger partial charge on any atom is 0.162 e. The summed E-state index contributed by atoms with van der Waals surface area (Å²) >= 11 is 11.9. The minimum atomic E-state index is 0.553. The number of nitrogens with one attached hydrogen (secondary N) is 2. The first-order valence-electron chi connectivity index (χ1n) is 5.09. The second-order valence-electron chi connectivity index (χ2n) is 3.61. The minimum Gasteiger partial charge on any atom is -0.338 e. The standard InChI is InChI=1S/C11H7Cl2N5/c12-6-1-7(13)3-8(2-6)18-11-9-10(15-4-14-9)16-5-17-11/h1-5H,(H2,14,15,16,17,18). The quantitative estimate of drug-likeness (QED) is 0.755. The van der Waals surface area contributed by atoms with E-state index in [0.717, 1.165) is 5.69 Å². The monoisotopic (exact) mass is 279 g/mol. The van der Waals surface area contributed by atoms with Gasteiger partial charge in [-0.1, -0.05) is 23.2 Å². The molecule has 0 aliphatic rings. The first-order chi connectivity index (χ1) is 8.72. The van der Waals surface area contributed by atoms with E-state index in [1.807, 2.05) is 0 Å². The molecule has 3 rings (SSSR count). The van der Waals surface area contributed by atoms with Crippen LogP contribution in [0.15, 0.2) is 30.9 Å². The van der Waals surface area contributed by atoms with Crippen molar-refractivity contribution in [2.45, 2.75) is 0 Å². The van der Waals surface area contributed by atoms with Crippen molar-refractivity contribution in [3.8, 4) is 0 Å². The molecule has 0 radical (unpaired) electrons. The molecular weight excluding hydrogens is 273 g/mol. The highest BCUT2D eigenvalue weighted by atomic mass is 35.5. The Morgan fingerprint density at radius 3 is 2.56 bits per heavy atom. The van der Waals surface area contributed by atoms with Crippen molar-refractivity contribution in [2.75, 3.05) is 5.32 Å². The Bertz CT molecular complexity index is 689. The third-order valence-corrected chi connectivity index (χ3v) is 2.78. The number of aromatic amines is 1. The van der Waals surface area contributed by atoms with E-state index < -0.39 is 0 Å². The molecule has 0 spiro atoms. The van der Waals surface area contributed by atoms with E-state index in [9.17, 15) is 0 Å². The molecule has 90 valence electrons. The van der Waals surface area contributed by atoms with Crippen LogP contribution in [0.3, 0.4) is 0 Å². The van der Waals surface area contributed by atoms with Crippen molar-refractivity contribution < 1.29 is 0 Å². The van der Waals surface area contributed by atoms with Crippen molar-refractivity contribution in [1.82, 2.24) is 19.9 Å². The van der Waals surface area contributed by atoms with E-state index in [1.54, 1.807) is 24.5 Å². The molecule has 0 saturated heterocycles. The van der Waals surface area contributed by atoms with Crippen LogP contribution in [0.1, 0.15) is 0 Å².